The molecule has 1 heteroatoms. The number of aliphatic hydroxyl groups excluding tert-OH is 1. The lowest BCUT2D eigenvalue weighted by atomic mass is 9.67. The molecule has 0 aromatic rings. The highest BCUT2D eigenvalue weighted by Gasteiger charge is 2.31. The van der Waals surface area contributed by atoms with E-state index in [-0.39, 0.29) is 0 Å². The van der Waals surface area contributed by atoms with Crippen molar-refractivity contribution < 1.29 is 5.11 Å². The van der Waals surface area contributed by atoms with Crippen LogP contribution in [0.15, 0.2) is 11.8 Å². The zero-order chi connectivity index (χ0) is 10.9. The molecule has 0 aliphatic heterocycles. The number of hydrogen-bond acceptors (Lipinski definition) is 1. The maximum absolute atomic E-state index is 9.37. The van der Waals surface area contributed by atoms with Crippen molar-refractivity contribution in [1.82, 2.24) is 0 Å². The lowest BCUT2D eigenvalue weighted by Gasteiger charge is -2.38. The average molecular weight is 208 g/mol. The van der Waals surface area contributed by atoms with E-state index in [1.807, 2.05) is 6.08 Å². The van der Waals surface area contributed by atoms with Gasteiger partial charge in [0.05, 0.1) is 5.76 Å². The monoisotopic (exact) mass is 208 g/mol. The standard InChI is InChI=1S/C14H24O/c1-14(2)9-7-12(8-10-14)11-3-5-13(15)6-4-11/h5,11-12,15H,3-4,6-10H2,1-2H3. The summed E-state index contributed by atoms with van der Waals surface area (Å²) >= 11 is 0. The van der Waals surface area contributed by atoms with E-state index in [9.17, 15) is 5.11 Å². The number of allylic oxidation sites excluding steroid dienone is 2. The molecule has 1 N–H and O–H groups in total. The molecule has 0 bridgehead atoms. The van der Waals surface area contributed by atoms with E-state index >= 15 is 0 Å². The van der Waals surface area contributed by atoms with Crippen molar-refractivity contribution in [3.8, 4) is 0 Å². The van der Waals surface area contributed by atoms with Gasteiger partial charge in [0.2, 0.25) is 0 Å². The Balaban J connectivity index is 1.86. The highest BCUT2D eigenvalue weighted by Crippen LogP contribution is 2.43. The summed E-state index contributed by atoms with van der Waals surface area (Å²) in [6.07, 6.45) is 10.9. The molecule has 2 rings (SSSR count). The smallest absolute Gasteiger partial charge is 0.0883 e. The molecule has 1 saturated carbocycles. The predicted octanol–water partition coefficient (Wildman–Crippen LogP) is 4.44. The summed E-state index contributed by atoms with van der Waals surface area (Å²) < 4.78 is 0. The molecule has 1 unspecified atom stereocenters. The number of aliphatic hydroxyl groups is 1. The molecular formula is C14H24O. The second-order valence-corrected chi connectivity index (χ2v) is 6.23. The van der Waals surface area contributed by atoms with Crippen LogP contribution in [0.4, 0.5) is 0 Å². The van der Waals surface area contributed by atoms with Crippen LogP contribution >= 0.6 is 0 Å². The van der Waals surface area contributed by atoms with E-state index in [2.05, 4.69) is 13.8 Å². The van der Waals surface area contributed by atoms with Crippen LogP contribution in [0.2, 0.25) is 0 Å². The lowest BCUT2D eigenvalue weighted by molar-refractivity contribution is 0.138. The van der Waals surface area contributed by atoms with Gasteiger partial charge in [-0.15, -0.1) is 0 Å². The minimum Gasteiger partial charge on any atom is -0.513 e. The van der Waals surface area contributed by atoms with Gasteiger partial charge < -0.3 is 5.11 Å². The third kappa shape index (κ3) is 2.76. The molecule has 1 nitrogen and oxygen atoms in total. The van der Waals surface area contributed by atoms with Crippen molar-refractivity contribution in [2.45, 2.75) is 58.8 Å². The van der Waals surface area contributed by atoms with Gasteiger partial charge in [0.25, 0.3) is 0 Å². The Kier molecular flexibility index (Phi) is 3.08. The summed E-state index contributed by atoms with van der Waals surface area (Å²) in [6, 6.07) is 0. The van der Waals surface area contributed by atoms with Crippen LogP contribution in [0, 0.1) is 17.3 Å². The molecule has 2 aliphatic rings. The molecule has 1 atom stereocenters. The third-order valence-electron chi connectivity index (χ3n) is 4.48. The largest absolute Gasteiger partial charge is 0.513 e. The van der Waals surface area contributed by atoms with Crippen LogP contribution in [0.5, 0.6) is 0 Å². The second-order valence-electron chi connectivity index (χ2n) is 6.23. The van der Waals surface area contributed by atoms with Crippen molar-refractivity contribution >= 4 is 0 Å². The highest BCUT2D eigenvalue weighted by molar-refractivity contribution is 4.99. The third-order valence-corrected chi connectivity index (χ3v) is 4.48. The zero-order valence-electron chi connectivity index (χ0n) is 10.1. The first kappa shape index (κ1) is 11.0. The topological polar surface area (TPSA) is 20.2 Å². The van der Waals surface area contributed by atoms with Gasteiger partial charge in [-0.3, -0.25) is 0 Å². The van der Waals surface area contributed by atoms with Crippen molar-refractivity contribution in [2.75, 3.05) is 0 Å². The summed E-state index contributed by atoms with van der Waals surface area (Å²) in [5, 5.41) is 9.37. The maximum Gasteiger partial charge on any atom is 0.0883 e. The SMILES string of the molecule is CC1(C)CCC(C2CC=C(O)CC2)CC1. The van der Waals surface area contributed by atoms with Gasteiger partial charge in [0, 0.05) is 6.42 Å². The molecule has 0 saturated heterocycles. The Bertz CT molecular complexity index is 242. The van der Waals surface area contributed by atoms with Crippen LogP contribution in [0.25, 0.3) is 0 Å². The first-order chi connectivity index (χ1) is 7.07. The van der Waals surface area contributed by atoms with Crippen LogP contribution in [0.1, 0.15) is 58.8 Å². The second kappa shape index (κ2) is 4.19. The fraction of sp³-hybridized carbons (Fsp3) is 0.857. The molecule has 0 spiro atoms. The van der Waals surface area contributed by atoms with Gasteiger partial charge in [0.1, 0.15) is 0 Å². The fourth-order valence-corrected chi connectivity index (χ4v) is 3.16. The molecule has 86 valence electrons. The van der Waals surface area contributed by atoms with E-state index in [4.69, 9.17) is 0 Å². The van der Waals surface area contributed by atoms with E-state index < -0.39 is 0 Å². The Hall–Kier alpha value is -0.460. The fourth-order valence-electron chi connectivity index (χ4n) is 3.16. The minimum absolute atomic E-state index is 0.586. The molecule has 0 radical (unpaired) electrons. The Morgan fingerprint density at radius 1 is 1.13 bits per heavy atom. The molecule has 0 aromatic carbocycles. The first-order valence-corrected chi connectivity index (χ1v) is 6.45. The van der Waals surface area contributed by atoms with E-state index in [1.54, 1.807) is 0 Å². The van der Waals surface area contributed by atoms with Gasteiger partial charge in [-0.05, 0) is 61.9 Å². The van der Waals surface area contributed by atoms with Crippen molar-refractivity contribution in [3.05, 3.63) is 11.8 Å². The highest BCUT2D eigenvalue weighted by atomic mass is 16.3. The quantitative estimate of drug-likeness (QED) is 0.675. The van der Waals surface area contributed by atoms with E-state index in [0.29, 0.717) is 11.2 Å². The molecule has 0 heterocycles. The minimum atomic E-state index is 0.586. The summed E-state index contributed by atoms with van der Waals surface area (Å²) in [7, 11) is 0. The molecular weight excluding hydrogens is 184 g/mol. The van der Waals surface area contributed by atoms with Gasteiger partial charge in [-0.2, -0.15) is 0 Å². The number of rotatable bonds is 1. The Labute approximate surface area is 93.6 Å². The normalized spacial score (nSPS) is 32.4. The Morgan fingerprint density at radius 3 is 2.33 bits per heavy atom. The summed E-state index contributed by atoms with van der Waals surface area (Å²) in [4.78, 5) is 0. The lowest BCUT2D eigenvalue weighted by Crippen LogP contribution is -2.26. The van der Waals surface area contributed by atoms with E-state index in [1.165, 1.54) is 32.1 Å². The molecule has 0 amide bonds. The summed E-state index contributed by atoms with van der Waals surface area (Å²) in [6.45, 7) is 4.80. The van der Waals surface area contributed by atoms with Crippen LogP contribution in [-0.4, -0.2) is 5.11 Å². The molecule has 15 heavy (non-hydrogen) atoms. The predicted molar refractivity (Wildman–Crippen MR) is 63.8 cm³/mol. The number of hydrogen-bond donors (Lipinski definition) is 1. The van der Waals surface area contributed by atoms with Crippen LogP contribution in [0.3, 0.4) is 0 Å². The van der Waals surface area contributed by atoms with Crippen molar-refractivity contribution in [3.63, 3.8) is 0 Å². The van der Waals surface area contributed by atoms with E-state index in [0.717, 1.165) is 24.7 Å². The molecule has 0 aromatic heterocycles. The summed E-state index contributed by atoms with van der Waals surface area (Å²) in [5.74, 6) is 2.42. The first-order valence-electron chi connectivity index (χ1n) is 6.45. The molecule has 2 aliphatic carbocycles. The van der Waals surface area contributed by atoms with Crippen LogP contribution in [-0.2, 0) is 0 Å². The van der Waals surface area contributed by atoms with Gasteiger partial charge in [-0.25, -0.2) is 0 Å². The zero-order valence-corrected chi connectivity index (χ0v) is 10.1. The van der Waals surface area contributed by atoms with Gasteiger partial charge in [0.15, 0.2) is 0 Å². The van der Waals surface area contributed by atoms with Gasteiger partial charge in [-0.1, -0.05) is 13.8 Å². The van der Waals surface area contributed by atoms with Crippen molar-refractivity contribution in [1.29, 1.82) is 0 Å². The maximum atomic E-state index is 9.37. The van der Waals surface area contributed by atoms with Gasteiger partial charge >= 0.3 is 0 Å². The summed E-state index contributed by atoms with van der Waals surface area (Å²) in [5.41, 5.74) is 0.586. The Morgan fingerprint density at radius 2 is 1.80 bits per heavy atom. The van der Waals surface area contributed by atoms with Crippen molar-refractivity contribution in [2.24, 2.45) is 17.3 Å². The molecule has 1 fully saturated rings. The van der Waals surface area contributed by atoms with Crippen LogP contribution < -0.4 is 0 Å². The average Bonchev–Trinajstić information content (AvgIpc) is 2.20.